The lowest BCUT2D eigenvalue weighted by Crippen LogP contribution is -2.46. The van der Waals surface area contributed by atoms with E-state index in [1.807, 2.05) is 76.2 Å². The quantitative estimate of drug-likeness (QED) is 0.103. The molecule has 0 aromatic carbocycles. The Morgan fingerprint density at radius 1 is 0.655 bits per heavy atom. The van der Waals surface area contributed by atoms with Gasteiger partial charge in [0.2, 0.25) is 0 Å². The Bertz CT molecular complexity index is 1240. The Labute approximate surface area is 331 Å². The highest BCUT2D eigenvalue weighted by Crippen LogP contribution is 2.46. The van der Waals surface area contributed by atoms with E-state index < -0.39 is 39.4 Å². The third-order valence-electron chi connectivity index (χ3n) is 9.69. The second kappa shape index (κ2) is 21.4. The summed E-state index contributed by atoms with van der Waals surface area (Å²) in [4.78, 5) is 67.4. The van der Waals surface area contributed by atoms with Gasteiger partial charge in [-0.1, -0.05) is 34.1 Å². The lowest BCUT2D eigenvalue weighted by Gasteiger charge is -2.40. The van der Waals surface area contributed by atoms with Gasteiger partial charge in [-0.2, -0.15) is 0 Å². The largest absolute Gasteiger partial charge is 0.465 e. The van der Waals surface area contributed by atoms with Crippen molar-refractivity contribution in [3.8, 4) is 0 Å². The van der Waals surface area contributed by atoms with E-state index >= 15 is 0 Å². The molecule has 2 amide bonds. The minimum absolute atomic E-state index is 0.143. The number of hydrogen-bond acceptors (Lipinski definition) is 11. The van der Waals surface area contributed by atoms with Crippen LogP contribution in [0.15, 0.2) is 0 Å². The highest BCUT2D eigenvalue weighted by Gasteiger charge is 2.50. The molecule has 0 saturated carbocycles. The molecule has 1 N–H and O–H groups in total. The normalized spacial score (nSPS) is 18.3. The molecule has 2 rings (SSSR count). The van der Waals surface area contributed by atoms with E-state index in [4.69, 9.17) is 23.7 Å². The molecule has 2 aliphatic rings. The maximum Gasteiger partial charge on any atom is 0.410 e. The summed E-state index contributed by atoms with van der Waals surface area (Å²) in [7, 11) is 0. The number of carbonyl (C=O) groups excluding carboxylic acids is 5. The van der Waals surface area contributed by atoms with Crippen LogP contribution in [0.1, 0.15) is 155 Å². The fourth-order valence-corrected chi connectivity index (χ4v) is 6.53. The molecule has 0 spiro atoms. The molecule has 2 atom stereocenters. The van der Waals surface area contributed by atoms with E-state index in [9.17, 15) is 29.1 Å². The van der Waals surface area contributed by atoms with E-state index in [0.717, 1.165) is 12.8 Å². The molecule has 2 saturated heterocycles. The first-order chi connectivity index (χ1) is 25.2. The Hall–Kier alpha value is -3.09. The van der Waals surface area contributed by atoms with Crippen molar-refractivity contribution in [1.29, 1.82) is 0 Å². The second-order valence-electron chi connectivity index (χ2n) is 19.0. The Kier molecular flexibility index (Phi) is 19.5. The number of rotatable bonds is 14. The Morgan fingerprint density at radius 2 is 1.11 bits per heavy atom. The van der Waals surface area contributed by atoms with Crippen LogP contribution in [0.3, 0.4) is 0 Å². The first-order valence-electron chi connectivity index (χ1n) is 20.4. The molecule has 2 heterocycles. The zero-order valence-corrected chi connectivity index (χ0v) is 36.8. The number of ether oxygens (including phenoxy) is 5. The van der Waals surface area contributed by atoms with Crippen LogP contribution in [0.2, 0.25) is 0 Å². The fraction of sp³-hybridized carbons (Fsp3) is 0.881. The molecular weight excluding hydrogens is 708 g/mol. The van der Waals surface area contributed by atoms with Gasteiger partial charge in [-0.25, -0.2) is 9.59 Å². The lowest BCUT2D eigenvalue weighted by atomic mass is 9.65. The summed E-state index contributed by atoms with van der Waals surface area (Å²) >= 11 is 0. The minimum Gasteiger partial charge on any atom is -0.465 e. The number of unbranched alkanes of at least 4 members (excludes halogenated alkanes) is 1. The molecule has 320 valence electrons. The smallest absolute Gasteiger partial charge is 0.410 e. The third-order valence-corrected chi connectivity index (χ3v) is 9.69. The summed E-state index contributed by atoms with van der Waals surface area (Å²) < 4.78 is 27.9. The van der Waals surface area contributed by atoms with Crippen LogP contribution in [-0.4, -0.2) is 108 Å². The van der Waals surface area contributed by atoms with Gasteiger partial charge in [-0.15, -0.1) is 0 Å². The number of hydrogen-bond donors (Lipinski definition) is 1. The molecule has 2 unspecified atom stereocenters. The van der Waals surface area contributed by atoms with Crippen molar-refractivity contribution in [2.24, 2.45) is 22.2 Å². The Morgan fingerprint density at radius 3 is 1.53 bits per heavy atom. The first-order valence-corrected chi connectivity index (χ1v) is 20.4. The summed E-state index contributed by atoms with van der Waals surface area (Å²) in [5.41, 5.74) is -4.10. The van der Waals surface area contributed by atoms with Gasteiger partial charge in [-0.3, -0.25) is 14.4 Å². The highest BCUT2D eigenvalue weighted by molar-refractivity contribution is 5.82. The van der Waals surface area contributed by atoms with Gasteiger partial charge in [0.15, 0.2) is 0 Å². The van der Waals surface area contributed by atoms with Crippen LogP contribution in [0.5, 0.6) is 0 Å². The van der Waals surface area contributed by atoms with E-state index in [0.29, 0.717) is 64.9 Å². The van der Waals surface area contributed by atoms with Gasteiger partial charge in [-0.05, 0) is 114 Å². The van der Waals surface area contributed by atoms with E-state index in [-0.39, 0.29) is 55.7 Å². The molecule has 2 fully saturated rings. The van der Waals surface area contributed by atoms with Crippen molar-refractivity contribution in [2.45, 2.75) is 178 Å². The van der Waals surface area contributed by atoms with Crippen LogP contribution in [0.4, 0.5) is 9.59 Å². The van der Waals surface area contributed by atoms with Crippen LogP contribution in [0, 0.1) is 22.2 Å². The van der Waals surface area contributed by atoms with Crippen LogP contribution >= 0.6 is 0 Å². The van der Waals surface area contributed by atoms with Crippen LogP contribution < -0.4 is 0 Å². The molecule has 0 aromatic rings. The molecule has 13 nitrogen and oxygen atoms in total. The number of nitrogens with zero attached hydrogens (tertiary/aromatic N) is 2. The van der Waals surface area contributed by atoms with Crippen molar-refractivity contribution >= 4 is 30.1 Å². The van der Waals surface area contributed by atoms with Crippen LogP contribution in [-0.2, 0) is 38.1 Å². The predicted octanol–water partition coefficient (Wildman–Crippen LogP) is 8.08. The summed E-state index contributed by atoms with van der Waals surface area (Å²) in [6, 6.07) is 0. The average Bonchev–Trinajstić information content (AvgIpc) is 3.06. The predicted molar refractivity (Wildman–Crippen MR) is 211 cm³/mol. The number of aliphatic hydroxyl groups is 1. The molecule has 2 aliphatic heterocycles. The monoisotopic (exact) mass is 785 g/mol. The first kappa shape index (κ1) is 49.9. The maximum absolute atomic E-state index is 13.6. The van der Waals surface area contributed by atoms with Gasteiger partial charge < -0.3 is 38.6 Å². The number of amides is 2. The zero-order chi connectivity index (χ0) is 42.4. The fourth-order valence-electron chi connectivity index (χ4n) is 6.53. The molecule has 13 heteroatoms. The number of carbonyl (C=O) groups is 5. The van der Waals surface area contributed by atoms with Crippen molar-refractivity contribution in [2.75, 3.05) is 39.4 Å². The van der Waals surface area contributed by atoms with Gasteiger partial charge in [0.05, 0.1) is 35.6 Å². The highest BCUT2D eigenvalue weighted by atomic mass is 16.6. The third kappa shape index (κ3) is 18.2. The molecule has 55 heavy (non-hydrogen) atoms. The average molecular weight is 785 g/mol. The van der Waals surface area contributed by atoms with Crippen molar-refractivity contribution in [3.05, 3.63) is 0 Å². The molecule has 0 radical (unpaired) electrons. The number of likely N-dealkylation sites (tertiary alicyclic amines) is 2. The number of aliphatic hydroxyl groups excluding tert-OH is 1. The summed E-state index contributed by atoms with van der Waals surface area (Å²) in [6.45, 7) is 28.6. The molecular formula is C42H76N2O11. The maximum atomic E-state index is 13.6. The SMILES string of the molecule is CC(C)(C)OC(=O)N1CCC(O)CC1.CCCCOC(=O)C(C)(CC)CC(C)(CC(C)(C)C(=O)OC1CCN(C(=O)OC(C)(C)C)CC1)C(=O)OCC(C)C. The number of esters is 3. The van der Waals surface area contributed by atoms with E-state index in [2.05, 4.69) is 0 Å². The van der Waals surface area contributed by atoms with Crippen molar-refractivity contribution in [1.82, 2.24) is 9.80 Å². The summed E-state index contributed by atoms with van der Waals surface area (Å²) in [5.74, 6) is -1.05. The van der Waals surface area contributed by atoms with Crippen LogP contribution in [0.25, 0.3) is 0 Å². The Balaban J connectivity index is 0.000000899. The van der Waals surface area contributed by atoms with E-state index in [1.54, 1.807) is 30.6 Å². The zero-order valence-electron chi connectivity index (χ0n) is 36.8. The number of piperidine rings is 2. The topological polar surface area (TPSA) is 158 Å². The van der Waals surface area contributed by atoms with Gasteiger partial charge in [0.1, 0.15) is 17.3 Å². The summed E-state index contributed by atoms with van der Waals surface area (Å²) in [5, 5.41) is 9.26. The molecule has 0 bridgehead atoms. The standard InChI is InChI=1S/C32H57NO8.C10H19NO3/c1-12-14-19-38-26(35)31(10,13-2)22-32(11,27(36)39-20-23(3)4)21-30(8,9)25(34)40-24-15-17-33(18-16-24)28(37)41-29(5,6)7;1-10(2,3)14-9(13)11-6-4-8(12)5-7-11/h23-24H,12-22H2,1-11H3;8,12H,4-7H2,1-3H3. The van der Waals surface area contributed by atoms with Gasteiger partial charge in [0, 0.05) is 39.0 Å². The van der Waals surface area contributed by atoms with Gasteiger partial charge >= 0.3 is 30.1 Å². The van der Waals surface area contributed by atoms with Gasteiger partial charge in [0.25, 0.3) is 0 Å². The van der Waals surface area contributed by atoms with Crippen molar-refractivity contribution in [3.63, 3.8) is 0 Å². The molecule has 0 aliphatic carbocycles. The van der Waals surface area contributed by atoms with Crippen molar-refractivity contribution < 1.29 is 52.8 Å². The second-order valence-corrected chi connectivity index (χ2v) is 19.0. The lowest BCUT2D eigenvalue weighted by molar-refractivity contribution is -0.171. The van der Waals surface area contributed by atoms with E-state index in [1.165, 1.54) is 0 Å². The minimum atomic E-state index is -1.13. The summed E-state index contributed by atoms with van der Waals surface area (Å²) in [6.07, 6.45) is 3.56. The molecule has 0 aromatic heterocycles.